The smallest absolute Gasteiger partial charge is 0.192 e. The lowest BCUT2D eigenvalue weighted by Gasteiger charge is -2.18. The molecule has 0 aliphatic carbocycles. The average Bonchev–Trinajstić information content (AvgIpc) is 2.35. The highest BCUT2D eigenvalue weighted by Gasteiger charge is 2.23. The summed E-state index contributed by atoms with van der Waals surface area (Å²) < 4.78 is 24.8. The number of aromatic nitrogens is 2. The molecule has 0 unspecified atom stereocenters. The standard InChI is InChI=1S/C17H22N2O2S2/c1-12-10-13(2)19-16(18-12)22-14-6-8-15(9-7-14)23(20,21)11-17(3,4)5/h6-10H,11H2,1-5H3. The summed E-state index contributed by atoms with van der Waals surface area (Å²) in [6.45, 7) is 9.63. The predicted molar refractivity (Wildman–Crippen MR) is 93.6 cm³/mol. The maximum Gasteiger partial charge on any atom is 0.192 e. The first-order valence-electron chi connectivity index (χ1n) is 7.38. The topological polar surface area (TPSA) is 59.9 Å². The molecule has 6 heteroatoms. The molecule has 1 aromatic heterocycles. The molecule has 124 valence electrons. The van der Waals surface area contributed by atoms with E-state index in [-0.39, 0.29) is 11.2 Å². The van der Waals surface area contributed by atoms with Crippen LogP contribution < -0.4 is 0 Å². The number of sulfone groups is 1. The second-order valence-corrected chi connectivity index (χ2v) is 9.86. The molecular weight excluding hydrogens is 328 g/mol. The molecule has 0 aliphatic heterocycles. The molecule has 0 N–H and O–H groups in total. The highest BCUT2D eigenvalue weighted by molar-refractivity contribution is 7.99. The van der Waals surface area contributed by atoms with Crippen LogP contribution in [0.25, 0.3) is 0 Å². The SMILES string of the molecule is Cc1cc(C)nc(Sc2ccc(S(=O)(=O)CC(C)(C)C)cc2)n1. The lowest BCUT2D eigenvalue weighted by molar-refractivity contribution is 0.461. The van der Waals surface area contributed by atoms with Crippen molar-refractivity contribution < 1.29 is 8.42 Å². The van der Waals surface area contributed by atoms with Gasteiger partial charge in [-0.05, 0) is 61.4 Å². The zero-order valence-electron chi connectivity index (χ0n) is 14.1. The number of rotatable bonds is 4. The average molecular weight is 351 g/mol. The molecule has 0 amide bonds. The van der Waals surface area contributed by atoms with Gasteiger partial charge in [-0.15, -0.1) is 0 Å². The molecule has 0 saturated carbocycles. The van der Waals surface area contributed by atoms with Gasteiger partial charge < -0.3 is 0 Å². The van der Waals surface area contributed by atoms with Crippen LogP contribution in [-0.2, 0) is 9.84 Å². The Balaban J connectivity index is 2.19. The van der Waals surface area contributed by atoms with Gasteiger partial charge in [0.15, 0.2) is 15.0 Å². The maximum atomic E-state index is 12.4. The van der Waals surface area contributed by atoms with Gasteiger partial charge in [0.1, 0.15) is 0 Å². The molecule has 2 rings (SSSR count). The van der Waals surface area contributed by atoms with Crippen molar-refractivity contribution >= 4 is 21.6 Å². The molecule has 0 aliphatic rings. The third kappa shape index (κ3) is 5.32. The van der Waals surface area contributed by atoms with Crippen LogP contribution in [0.4, 0.5) is 0 Å². The Morgan fingerprint density at radius 2 is 1.52 bits per heavy atom. The molecule has 0 saturated heterocycles. The molecule has 0 bridgehead atoms. The third-order valence-electron chi connectivity index (χ3n) is 2.98. The van der Waals surface area contributed by atoms with Crippen molar-refractivity contribution in [3.05, 3.63) is 41.7 Å². The van der Waals surface area contributed by atoms with E-state index in [1.54, 1.807) is 24.3 Å². The van der Waals surface area contributed by atoms with E-state index in [9.17, 15) is 8.42 Å². The van der Waals surface area contributed by atoms with Crippen molar-refractivity contribution in [3.63, 3.8) is 0 Å². The number of aryl methyl sites for hydroxylation is 2. The molecular formula is C17H22N2O2S2. The summed E-state index contributed by atoms with van der Waals surface area (Å²) in [7, 11) is -3.26. The van der Waals surface area contributed by atoms with Crippen LogP contribution in [0.1, 0.15) is 32.2 Å². The van der Waals surface area contributed by atoms with Gasteiger partial charge in [-0.25, -0.2) is 18.4 Å². The Morgan fingerprint density at radius 3 is 2.00 bits per heavy atom. The summed E-state index contributed by atoms with van der Waals surface area (Å²) in [5, 5.41) is 0.674. The molecule has 0 radical (unpaired) electrons. The first-order chi connectivity index (χ1) is 10.5. The van der Waals surface area contributed by atoms with Crippen LogP contribution in [-0.4, -0.2) is 24.1 Å². The van der Waals surface area contributed by atoms with Crippen molar-refractivity contribution in [2.45, 2.75) is 49.6 Å². The lowest BCUT2D eigenvalue weighted by atomic mass is 10.0. The third-order valence-corrected chi connectivity index (χ3v) is 6.09. The Hall–Kier alpha value is -1.40. The summed E-state index contributed by atoms with van der Waals surface area (Å²) >= 11 is 1.43. The van der Waals surface area contributed by atoms with Crippen molar-refractivity contribution in [1.29, 1.82) is 0 Å². The predicted octanol–water partition coefficient (Wildman–Crippen LogP) is 4.06. The Morgan fingerprint density at radius 1 is 1.00 bits per heavy atom. The van der Waals surface area contributed by atoms with Gasteiger partial charge in [0, 0.05) is 16.3 Å². The van der Waals surface area contributed by atoms with E-state index in [1.807, 2.05) is 40.7 Å². The first-order valence-corrected chi connectivity index (χ1v) is 9.85. The molecule has 4 nitrogen and oxygen atoms in total. The number of nitrogens with zero attached hydrogens (tertiary/aromatic N) is 2. The Kier molecular flexibility index (Phi) is 5.16. The number of hydrogen-bond acceptors (Lipinski definition) is 5. The van der Waals surface area contributed by atoms with Gasteiger partial charge in [0.05, 0.1) is 10.6 Å². The zero-order chi connectivity index (χ0) is 17.3. The quantitative estimate of drug-likeness (QED) is 0.778. The van der Waals surface area contributed by atoms with Gasteiger partial charge in [-0.1, -0.05) is 20.8 Å². The molecule has 1 aromatic carbocycles. The van der Waals surface area contributed by atoms with E-state index >= 15 is 0 Å². The summed E-state index contributed by atoms with van der Waals surface area (Å²) in [5.41, 5.74) is 1.58. The molecule has 23 heavy (non-hydrogen) atoms. The van der Waals surface area contributed by atoms with Crippen molar-refractivity contribution in [2.75, 3.05) is 5.75 Å². The van der Waals surface area contributed by atoms with E-state index in [2.05, 4.69) is 9.97 Å². The van der Waals surface area contributed by atoms with Crippen molar-refractivity contribution in [1.82, 2.24) is 9.97 Å². The van der Waals surface area contributed by atoms with E-state index in [4.69, 9.17) is 0 Å². The second-order valence-electron chi connectivity index (χ2n) is 6.83. The van der Waals surface area contributed by atoms with Gasteiger partial charge >= 0.3 is 0 Å². The van der Waals surface area contributed by atoms with E-state index in [0.29, 0.717) is 10.1 Å². The fourth-order valence-corrected chi connectivity index (χ4v) is 4.93. The molecule has 2 aromatic rings. The molecule has 0 spiro atoms. The van der Waals surface area contributed by atoms with E-state index in [1.165, 1.54) is 11.8 Å². The minimum Gasteiger partial charge on any atom is -0.228 e. The van der Waals surface area contributed by atoms with Crippen LogP contribution >= 0.6 is 11.8 Å². The fraction of sp³-hybridized carbons (Fsp3) is 0.412. The van der Waals surface area contributed by atoms with E-state index < -0.39 is 9.84 Å². The summed E-state index contributed by atoms with van der Waals surface area (Å²) in [6.07, 6.45) is 0. The van der Waals surface area contributed by atoms with Crippen LogP contribution in [0.2, 0.25) is 0 Å². The molecule has 0 atom stereocenters. The van der Waals surface area contributed by atoms with Crippen LogP contribution in [0, 0.1) is 19.3 Å². The molecule has 0 fully saturated rings. The number of hydrogen-bond donors (Lipinski definition) is 0. The second kappa shape index (κ2) is 6.61. The van der Waals surface area contributed by atoms with Gasteiger partial charge in [-0.2, -0.15) is 0 Å². The van der Waals surface area contributed by atoms with Crippen LogP contribution in [0.3, 0.4) is 0 Å². The highest BCUT2D eigenvalue weighted by Crippen LogP contribution is 2.28. The normalized spacial score (nSPS) is 12.4. The van der Waals surface area contributed by atoms with E-state index in [0.717, 1.165) is 16.3 Å². The number of benzene rings is 1. The van der Waals surface area contributed by atoms with Gasteiger partial charge in [0.25, 0.3) is 0 Å². The Labute approximate surface area is 142 Å². The highest BCUT2D eigenvalue weighted by atomic mass is 32.2. The fourth-order valence-electron chi connectivity index (χ4n) is 2.21. The monoisotopic (exact) mass is 350 g/mol. The molecule has 1 heterocycles. The minimum absolute atomic E-state index is 0.132. The van der Waals surface area contributed by atoms with Gasteiger partial charge in [0.2, 0.25) is 0 Å². The first kappa shape index (κ1) is 17.9. The lowest BCUT2D eigenvalue weighted by Crippen LogP contribution is -2.20. The zero-order valence-corrected chi connectivity index (χ0v) is 15.8. The van der Waals surface area contributed by atoms with Gasteiger partial charge in [-0.3, -0.25) is 0 Å². The van der Waals surface area contributed by atoms with Crippen LogP contribution in [0.15, 0.2) is 45.3 Å². The Bertz CT molecular complexity index is 772. The largest absolute Gasteiger partial charge is 0.228 e. The summed E-state index contributed by atoms with van der Waals surface area (Å²) in [6, 6.07) is 8.85. The summed E-state index contributed by atoms with van der Waals surface area (Å²) in [4.78, 5) is 10.0. The van der Waals surface area contributed by atoms with Crippen molar-refractivity contribution in [2.24, 2.45) is 5.41 Å². The van der Waals surface area contributed by atoms with Crippen LogP contribution in [0.5, 0.6) is 0 Å². The maximum absolute atomic E-state index is 12.4. The van der Waals surface area contributed by atoms with Crippen molar-refractivity contribution in [3.8, 4) is 0 Å². The minimum atomic E-state index is -3.26. The summed E-state index contributed by atoms with van der Waals surface area (Å²) in [5.74, 6) is 0.132.